The van der Waals surface area contributed by atoms with Crippen LogP contribution in [0, 0.1) is 5.92 Å². The largest absolute Gasteiger partial charge is 0.480 e. The molecule has 1 atom stereocenters. The van der Waals surface area contributed by atoms with Crippen molar-refractivity contribution >= 4 is 11.9 Å². The van der Waals surface area contributed by atoms with E-state index in [4.69, 9.17) is 5.11 Å². The number of aliphatic carboxylic acids is 1. The molecule has 1 fully saturated rings. The smallest absolute Gasteiger partial charge is 0.317 e. The van der Waals surface area contributed by atoms with E-state index in [1.165, 1.54) is 12.3 Å². The van der Waals surface area contributed by atoms with E-state index in [-0.39, 0.29) is 29.5 Å². The Balaban J connectivity index is 1.94. The van der Waals surface area contributed by atoms with Gasteiger partial charge in [-0.1, -0.05) is 0 Å². The van der Waals surface area contributed by atoms with E-state index < -0.39 is 5.97 Å². The Hall–Kier alpha value is -2.15. The zero-order valence-corrected chi connectivity index (χ0v) is 11.7. The lowest BCUT2D eigenvalue weighted by molar-refractivity contribution is -0.136. The second-order valence-corrected chi connectivity index (χ2v) is 5.20. The molecular weight excluding hydrogens is 274 g/mol. The van der Waals surface area contributed by atoms with Crippen LogP contribution < -0.4 is 10.9 Å². The molecule has 7 nitrogen and oxygen atoms in total. The fourth-order valence-electron chi connectivity index (χ4n) is 2.56. The van der Waals surface area contributed by atoms with E-state index >= 15 is 0 Å². The van der Waals surface area contributed by atoms with Crippen molar-refractivity contribution in [3.05, 3.63) is 34.2 Å². The average Bonchev–Trinajstić information content (AvgIpc) is 2.47. The van der Waals surface area contributed by atoms with Gasteiger partial charge in [-0.15, -0.1) is 0 Å². The third kappa shape index (κ3) is 4.16. The van der Waals surface area contributed by atoms with Crippen molar-refractivity contribution in [1.29, 1.82) is 0 Å². The van der Waals surface area contributed by atoms with Gasteiger partial charge in [0, 0.05) is 25.8 Å². The number of carboxylic acids is 1. The molecule has 2 rings (SSSR count). The molecule has 1 saturated heterocycles. The standard InChI is InChI=1S/C14H19N3O4/c18-12(19)8-15-7-10-3-2-6-17(9-10)14(21)11-4-1-5-16-13(11)20/h1,4-5,10,15H,2-3,6-9H2,(H,16,20)(H,18,19). The lowest BCUT2D eigenvalue weighted by atomic mass is 9.97. The maximum Gasteiger partial charge on any atom is 0.317 e. The van der Waals surface area contributed by atoms with Crippen molar-refractivity contribution in [2.24, 2.45) is 5.92 Å². The molecule has 1 aromatic rings. The van der Waals surface area contributed by atoms with Gasteiger partial charge in [-0.25, -0.2) is 0 Å². The summed E-state index contributed by atoms with van der Waals surface area (Å²) < 4.78 is 0. The number of hydrogen-bond acceptors (Lipinski definition) is 4. The van der Waals surface area contributed by atoms with Gasteiger partial charge in [-0.3, -0.25) is 14.4 Å². The fraction of sp³-hybridized carbons (Fsp3) is 0.500. The molecule has 21 heavy (non-hydrogen) atoms. The first-order valence-corrected chi connectivity index (χ1v) is 6.97. The van der Waals surface area contributed by atoms with Crippen molar-refractivity contribution < 1.29 is 14.7 Å². The molecule has 114 valence electrons. The molecule has 2 heterocycles. The maximum atomic E-state index is 12.3. The SMILES string of the molecule is O=C(O)CNCC1CCCN(C(=O)c2ccc[nH]c2=O)C1. The molecule has 7 heteroatoms. The minimum Gasteiger partial charge on any atom is -0.480 e. The number of hydrogen-bond donors (Lipinski definition) is 3. The minimum atomic E-state index is -0.894. The number of carbonyl (C=O) groups is 2. The maximum absolute atomic E-state index is 12.3. The number of aromatic nitrogens is 1. The molecular formula is C14H19N3O4. The highest BCUT2D eigenvalue weighted by molar-refractivity contribution is 5.93. The molecule has 0 aliphatic carbocycles. The zero-order valence-electron chi connectivity index (χ0n) is 11.7. The monoisotopic (exact) mass is 293 g/mol. The summed E-state index contributed by atoms with van der Waals surface area (Å²) in [5, 5.41) is 11.5. The molecule has 0 bridgehead atoms. The van der Waals surface area contributed by atoms with Crippen LogP contribution in [0.3, 0.4) is 0 Å². The summed E-state index contributed by atoms with van der Waals surface area (Å²) in [6.45, 7) is 1.65. The molecule has 1 aliphatic rings. The predicted octanol–water partition coefficient (Wildman–Crippen LogP) is -0.0987. The molecule has 0 aromatic carbocycles. The van der Waals surface area contributed by atoms with Gasteiger partial charge < -0.3 is 20.3 Å². The Morgan fingerprint density at radius 1 is 1.48 bits per heavy atom. The summed E-state index contributed by atoms with van der Waals surface area (Å²) in [6.07, 6.45) is 3.30. The van der Waals surface area contributed by atoms with E-state index in [2.05, 4.69) is 10.3 Å². The number of H-pyrrole nitrogens is 1. The number of carboxylic acid groups (broad SMARTS) is 1. The van der Waals surface area contributed by atoms with Gasteiger partial charge >= 0.3 is 5.97 Å². The summed E-state index contributed by atoms with van der Waals surface area (Å²) in [5.74, 6) is -0.945. The highest BCUT2D eigenvalue weighted by atomic mass is 16.4. The number of nitrogens with zero attached hydrogens (tertiary/aromatic N) is 1. The van der Waals surface area contributed by atoms with Crippen LogP contribution in [-0.4, -0.2) is 53.0 Å². The van der Waals surface area contributed by atoms with Crippen molar-refractivity contribution in [2.45, 2.75) is 12.8 Å². The van der Waals surface area contributed by atoms with Crippen LogP contribution in [0.15, 0.2) is 23.1 Å². The lowest BCUT2D eigenvalue weighted by Crippen LogP contribution is -2.44. The molecule has 1 unspecified atom stereocenters. The van der Waals surface area contributed by atoms with Gasteiger partial charge in [-0.05, 0) is 30.9 Å². The quantitative estimate of drug-likeness (QED) is 0.703. The highest BCUT2D eigenvalue weighted by Crippen LogP contribution is 2.17. The summed E-state index contributed by atoms with van der Waals surface area (Å²) in [6, 6.07) is 3.15. The van der Waals surface area contributed by atoms with Crippen LogP contribution in [0.4, 0.5) is 0 Å². The highest BCUT2D eigenvalue weighted by Gasteiger charge is 2.25. The Morgan fingerprint density at radius 3 is 3.00 bits per heavy atom. The Morgan fingerprint density at radius 2 is 2.29 bits per heavy atom. The lowest BCUT2D eigenvalue weighted by Gasteiger charge is -2.32. The molecule has 3 N–H and O–H groups in total. The molecule has 1 amide bonds. The summed E-state index contributed by atoms with van der Waals surface area (Å²) in [5.41, 5.74) is -0.231. The Kier molecular flexibility index (Phi) is 5.10. The van der Waals surface area contributed by atoms with Gasteiger partial charge in [-0.2, -0.15) is 0 Å². The number of pyridine rings is 1. The average molecular weight is 293 g/mol. The topological polar surface area (TPSA) is 102 Å². The Labute approximate surface area is 122 Å². The third-order valence-electron chi connectivity index (χ3n) is 3.56. The number of aromatic amines is 1. The first kappa shape index (κ1) is 15.2. The van der Waals surface area contributed by atoms with E-state index in [0.29, 0.717) is 19.6 Å². The van der Waals surface area contributed by atoms with Crippen LogP contribution >= 0.6 is 0 Å². The van der Waals surface area contributed by atoms with Crippen molar-refractivity contribution in [3.63, 3.8) is 0 Å². The number of piperidine rings is 1. The first-order valence-electron chi connectivity index (χ1n) is 6.97. The van der Waals surface area contributed by atoms with Gasteiger partial charge in [0.2, 0.25) is 0 Å². The predicted molar refractivity (Wildman–Crippen MR) is 76.2 cm³/mol. The zero-order chi connectivity index (χ0) is 15.2. The fourth-order valence-corrected chi connectivity index (χ4v) is 2.56. The molecule has 0 radical (unpaired) electrons. The number of nitrogens with one attached hydrogen (secondary N) is 2. The van der Waals surface area contributed by atoms with Crippen molar-refractivity contribution in [2.75, 3.05) is 26.2 Å². The molecule has 1 aromatic heterocycles. The van der Waals surface area contributed by atoms with Gasteiger partial charge in [0.05, 0.1) is 6.54 Å². The molecule has 0 saturated carbocycles. The number of rotatable bonds is 5. The van der Waals surface area contributed by atoms with Gasteiger partial charge in [0.25, 0.3) is 11.5 Å². The van der Waals surface area contributed by atoms with Crippen LogP contribution in [0.25, 0.3) is 0 Å². The summed E-state index contributed by atoms with van der Waals surface area (Å²) >= 11 is 0. The minimum absolute atomic E-state index is 0.0806. The first-order chi connectivity index (χ1) is 10.1. The van der Waals surface area contributed by atoms with E-state index in [1.807, 2.05) is 0 Å². The van der Waals surface area contributed by atoms with Crippen LogP contribution in [0.5, 0.6) is 0 Å². The second kappa shape index (κ2) is 7.03. The molecule has 0 spiro atoms. The number of likely N-dealkylation sites (tertiary alicyclic amines) is 1. The van der Waals surface area contributed by atoms with E-state index in [1.54, 1.807) is 11.0 Å². The number of carbonyl (C=O) groups excluding carboxylic acids is 1. The van der Waals surface area contributed by atoms with Crippen molar-refractivity contribution in [3.8, 4) is 0 Å². The Bertz CT molecular complexity index is 569. The summed E-state index contributed by atoms with van der Waals surface area (Å²) in [7, 11) is 0. The third-order valence-corrected chi connectivity index (χ3v) is 3.56. The van der Waals surface area contributed by atoms with Crippen LogP contribution in [-0.2, 0) is 4.79 Å². The number of amides is 1. The normalized spacial score (nSPS) is 18.5. The van der Waals surface area contributed by atoms with Gasteiger partial charge in [0.15, 0.2) is 0 Å². The van der Waals surface area contributed by atoms with Crippen LogP contribution in [0.2, 0.25) is 0 Å². The summed E-state index contributed by atoms with van der Waals surface area (Å²) in [4.78, 5) is 38.6. The second-order valence-electron chi connectivity index (χ2n) is 5.20. The van der Waals surface area contributed by atoms with Crippen molar-refractivity contribution in [1.82, 2.24) is 15.2 Å². The van der Waals surface area contributed by atoms with E-state index in [0.717, 1.165) is 12.8 Å². The van der Waals surface area contributed by atoms with Gasteiger partial charge in [0.1, 0.15) is 5.56 Å². The van der Waals surface area contributed by atoms with E-state index in [9.17, 15) is 14.4 Å². The van der Waals surface area contributed by atoms with Crippen LogP contribution in [0.1, 0.15) is 23.2 Å². The molecule has 1 aliphatic heterocycles.